The van der Waals surface area contributed by atoms with Crippen LogP contribution < -0.4 is 5.73 Å². The average molecular weight is 285 g/mol. The zero-order valence-electron chi connectivity index (χ0n) is 12.8. The summed E-state index contributed by atoms with van der Waals surface area (Å²) in [5.74, 6) is 0.833. The fourth-order valence-corrected chi connectivity index (χ4v) is 3.47. The van der Waals surface area contributed by atoms with Crippen molar-refractivity contribution in [2.24, 2.45) is 5.41 Å². The van der Waals surface area contributed by atoms with Crippen molar-refractivity contribution in [2.45, 2.75) is 52.5 Å². The van der Waals surface area contributed by atoms with Crippen molar-refractivity contribution in [1.82, 2.24) is 20.2 Å². The quantitative estimate of drug-likeness (QED) is 0.876. The number of aromatic nitrogens is 4. The van der Waals surface area contributed by atoms with E-state index in [0.717, 1.165) is 29.2 Å². The van der Waals surface area contributed by atoms with Crippen molar-refractivity contribution >= 4 is 5.69 Å². The number of nitrogen functional groups attached to an aromatic ring is 1. The lowest BCUT2D eigenvalue weighted by Gasteiger charge is -2.27. The Morgan fingerprint density at radius 1 is 1.29 bits per heavy atom. The monoisotopic (exact) mass is 285 g/mol. The smallest absolute Gasteiger partial charge is 0.182 e. The summed E-state index contributed by atoms with van der Waals surface area (Å²) in [4.78, 5) is 0. The molecule has 1 aliphatic carbocycles. The van der Waals surface area contributed by atoms with Gasteiger partial charge in [-0.15, -0.1) is 5.10 Å². The lowest BCUT2D eigenvalue weighted by atomic mass is 9.83. The highest BCUT2D eigenvalue weighted by atomic mass is 15.5. The molecule has 1 heterocycles. The number of anilines is 1. The molecule has 5 nitrogen and oxygen atoms in total. The second-order valence-electron chi connectivity index (χ2n) is 6.24. The SMILES string of the molecule is CCC1(Cn2nnnc2-c2cccc(N)c2C)CCCC1. The molecule has 0 saturated heterocycles. The van der Waals surface area contributed by atoms with Crippen LogP contribution in [0.4, 0.5) is 5.69 Å². The summed E-state index contributed by atoms with van der Waals surface area (Å²) in [6.07, 6.45) is 6.38. The van der Waals surface area contributed by atoms with Crippen LogP contribution in [0.15, 0.2) is 18.2 Å². The summed E-state index contributed by atoms with van der Waals surface area (Å²) < 4.78 is 1.97. The molecule has 0 bridgehead atoms. The molecule has 1 fully saturated rings. The van der Waals surface area contributed by atoms with E-state index in [9.17, 15) is 0 Å². The van der Waals surface area contributed by atoms with Crippen molar-refractivity contribution in [3.05, 3.63) is 23.8 Å². The van der Waals surface area contributed by atoms with Gasteiger partial charge in [0.15, 0.2) is 5.82 Å². The van der Waals surface area contributed by atoms with Crippen molar-refractivity contribution in [1.29, 1.82) is 0 Å². The summed E-state index contributed by atoms with van der Waals surface area (Å²) in [7, 11) is 0. The third-order valence-corrected chi connectivity index (χ3v) is 5.05. The Balaban J connectivity index is 1.96. The van der Waals surface area contributed by atoms with Crippen LogP contribution in [0, 0.1) is 12.3 Å². The van der Waals surface area contributed by atoms with E-state index < -0.39 is 0 Å². The molecule has 2 aromatic rings. The molecule has 3 rings (SSSR count). The second-order valence-corrected chi connectivity index (χ2v) is 6.24. The zero-order valence-corrected chi connectivity index (χ0v) is 12.8. The van der Waals surface area contributed by atoms with E-state index in [1.807, 2.05) is 29.8 Å². The molecule has 0 atom stereocenters. The first-order chi connectivity index (χ1) is 10.2. The van der Waals surface area contributed by atoms with Gasteiger partial charge in [0.05, 0.1) is 6.54 Å². The van der Waals surface area contributed by atoms with Gasteiger partial charge < -0.3 is 5.73 Å². The van der Waals surface area contributed by atoms with Crippen LogP contribution in [0.3, 0.4) is 0 Å². The van der Waals surface area contributed by atoms with Gasteiger partial charge in [-0.1, -0.05) is 31.9 Å². The van der Waals surface area contributed by atoms with Crippen LogP contribution in [-0.4, -0.2) is 20.2 Å². The van der Waals surface area contributed by atoms with Gasteiger partial charge in [0, 0.05) is 11.3 Å². The van der Waals surface area contributed by atoms with E-state index in [-0.39, 0.29) is 0 Å². The third kappa shape index (κ3) is 2.52. The van der Waals surface area contributed by atoms with E-state index in [0.29, 0.717) is 5.41 Å². The molecule has 0 radical (unpaired) electrons. The Morgan fingerprint density at radius 3 is 2.76 bits per heavy atom. The molecule has 0 spiro atoms. The maximum Gasteiger partial charge on any atom is 0.182 e. The third-order valence-electron chi connectivity index (χ3n) is 5.05. The molecule has 1 saturated carbocycles. The number of rotatable bonds is 4. The molecule has 0 unspecified atom stereocenters. The van der Waals surface area contributed by atoms with Gasteiger partial charge in [0.1, 0.15) is 0 Å². The highest BCUT2D eigenvalue weighted by molar-refractivity contribution is 5.67. The minimum absolute atomic E-state index is 0.359. The van der Waals surface area contributed by atoms with Gasteiger partial charge in [-0.25, -0.2) is 4.68 Å². The predicted octanol–water partition coefficient (Wildman–Crippen LogP) is 3.20. The van der Waals surface area contributed by atoms with Gasteiger partial charge in [-0.2, -0.15) is 0 Å². The van der Waals surface area contributed by atoms with E-state index in [2.05, 4.69) is 22.4 Å². The normalized spacial score (nSPS) is 17.2. The lowest BCUT2D eigenvalue weighted by molar-refractivity contribution is 0.226. The van der Waals surface area contributed by atoms with Gasteiger partial charge >= 0.3 is 0 Å². The molecule has 2 N–H and O–H groups in total. The second kappa shape index (κ2) is 5.47. The summed E-state index contributed by atoms with van der Waals surface area (Å²) in [5, 5.41) is 12.4. The standard InChI is InChI=1S/C16H23N5/c1-3-16(9-4-5-10-16)11-21-15(18-19-20-21)13-7-6-8-14(17)12(13)2/h6-8H,3-5,9-11,17H2,1-2H3. The molecule has 0 amide bonds. The van der Waals surface area contributed by atoms with Crippen molar-refractivity contribution in [2.75, 3.05) is 5.73 Å². The van der Waals surface area contributed by atoms with E-state index in [1.165, 1.54) is 32.1 Å². The van der Waals surface area contributed by atoms with Gasteiger partial charge in [-0.05, 0) is 53.7 Å². The molecule has 112 valence electrons. The summed E-state index contributed by atoms with van der Waals surface area (Å²) in [6.45, 7) is 5.20. The first-order valence-electron chi connectivity index (χ1n) is 7.77. The largest absolute Gasteiger partial charge is 0.398 e. The number of hydrogen-bond donors (Lipinski definition) is 1. The molecule has 1 aliphatic rings. The summed E-state index contributed by atoms with van der Waals surface area (Å²) >= 11 is 0. The first kappa shape index (κ1) is 14.0. The average Bonchev–Trinajstić information content (AvgIpc) is 3.13. The Labute approximate surface area is 125 Å². The highest BCUT2D eigenvalue weighted by Gasteiger charge is 2.33. The highest BCUT2D eigenvalue weighted by Crippen LogP contribution is 2.42. The minimum atomic E-state index is 0.359. The van der Waals surface area contributed by atoms with Crippen LogP contribution >= 0.6 is 0 Å². The summed E-state index contributed by atoms with van der Waals surface area (Å²) in [6, 6.07) is 5.92. The summed E-state index contributed by atoms with van der Waals surface area (Å²) in [5.41, 5.74) is 9.24. The van der Waals surface area contributed by atoms with Gasteiger partial charge in [0.25, 0.3) is 0 Å². The molecule has 1 aromatic heterocycles. The number of benzene rings is 1. The minimum Gasteiger partial charge on any atom is -0.398 e. The molecule has 5 heteroatoms. The molecule has 1 aromatic carbocycles. The zero-order chi connectivity index (χ0) is 14.9. The first-order valence-corrected chi connectivity index (χ1v) is 7.77. The van der Waals surface area contributed by atoms with Crippen molar-refractivity contribution in [3.63, 3.8) is 0 Å². The van der Waals surface area contributed by atoms with Crippen LogP contribution in [-0.2, 0) is 6.54 Å². The van der Waals surface area contributed by atoms with Gasteiger partial charge in [0.2, 0.25) is 0 Å². The Kier molecular flexibility index (Phi) is 3.66. The van der Waals surface area contributed by atoms with Gasteiger partial charge in [-0.3, -0.25) is 0 Å². The number of nitrogens with two attached hydrogens (primary N) is 1. The van der Waals surface area contributed by atoms with Crippen LogP contribution in [0.2, 0.25) is 0 Å². The number of tetrazole rings is 1. The van der Waals surface area contributed by atoms with Crippen LogP contribution in [0.25, 0.3) is 11.4 Å². The fraction of sp³-hybridized carbons (Fsp3) is 0.562. The lowest BCUT2D eigenvalue weighted by Crippen LogP contribution is -2.24. The predicted molar refractivity (Wildman–Crippen MR) is 83.6 cm³/mol. The van der Waals surface area contributed by atoms with Crippen LogP contribution in [0.1, 0.15) is 44.6 Å². The fourth-order valence-electron chi connectivity index (χ4n) is 3.47. The number of hydrogen-bond acceptors (Lipinski definition) is 4. The topological polar surface area (TPSA) is 69.6 Å². The van der Waals surface area contributed by atoms with E-state index >= 15 is 0 Å². The van der Waals surface area contributed by atoms with E-state index in [1.54, 1.807) is 0 Å². The Morgan fingerprint density at radius 2 is 2.05 bits per heavy atom. The van der Waals surface area contributed by atoms with E-state index in [4.69, 9.17) is 5.73 Å². The maximum atomic E-state index is 6.01. The molecular weight excluding hydrogens is 262 g/mol. The van der Waals surface area contributed by atoms with Crippen molar-refractivity contribution < 1.29 is 0 Å². The molecule has 0 aliphatic heterocycles. The van der Waals surface area contributed by atoms with Crippen molar-refractivity contribution in [3.8, 4) is 11.4 Å². The van der Waals surface area contributed by atoms with Crippen LogP contribution in [0.5, 0.6) is 0 Å². The Bertz CT molecular complexity index is 625. The number of nitrogens with zero attached hydrogens (tertiary/aromatic N) is 4. The molecule has 21 heavy (non-hydrogen) atoms. The molecular formula is C16H23N5. The Hall–Kier alpha value is -1.91. The maximum absolute atomic E-state index is 6.01.